The maximum atomic E-state index is 5.03. The van der Waals surface area contributed by atoms with Crippen LogP contribution in [0.3, 0.4) is 0 Å². The molecule has 0 amide bonds. The number of aromatic nitrogens is 1. The van der Waals surface area contributed by atoms with Crippen LogP contribution in [0, 0.1) is 0 Å². The fourth-order valence-corrected chi connectivity index (χ4v) is 1.77. The molecule has 0 aliphatic rings. The van der Waals surface area contributed by atoms with E-state index in [9.17, 15) is 0 Å². The molecule has 1 aromatic heterocycles. The summed E-state index contributed by atoms with van der Waals surface area (Å²) in [5, 5.41) is 3.47. The molecule has 0 bridgehead atoms. The SMILES string of the molecule is COc1ccc(CNC(C)c2ccccc2)cn1. The molecule has 0 aliphatic heterocycles. The topological polar surface area (TPSA) is 34.1 Å². The molecule has 1 unspecified atom stereocenters. The molecule has 0 saturated carbocycles. The van der Waals surface area contributed by atoms with Crippen molar-refractivity contribution in [2.75, 3.05) is 7.11 Å². The molecule has 94 valence electrons. The molecule has 3 heteroatoms. The molecule has 0 saturated heterocycles. The lowest BCUT2D eigenvalue weighted by Gasteiger charge is -2.14. The number of pyridine rings is 1. The maximum Gasteiger partial charge on any atom is 0.212 e. The lowest BCUT2D eigenvalue weighted by atomic mass is 10.1. The zero-order valence-electron chi connectivity index (χ0n) is 10.8. The van der Waals surface area contributed by atoms with Crippen molar-refractivity contribution in [3.05, 3.63) is 59.8 Å². The van der Waals surface area contributed by atoms with Gasteiger partial charge in [-0.3, -0.25) is 0 Å². The van der Waals surface area contributed by atoms with Crippen LogP contribution in [0.2, 0.25) is 0 Å². The Hall–Kier alpha value is -1.87. The monoisotopic (exact) mass is 242 g/mol. The average Bonchev–Trinajstić information content (AvgIpc) is 2.46. The van der Waals surface area contributed by atoms with Crippen molar-refractivity contribution in [2.24, 2.45) is 0 Å². The summed E-state index contributed by atoms with van der Waals surface area (Å²) in [5.41, 5.74) is 2.44. The van der Waals surface area contributed by atoms with Crippen LogP contribution >= 0.6 is 0 Å². The van der Waals surface area contributed by atoms with Crippen molar-refractivity contribution < 1.29 is 4.74 Å². The summed E-state index contributed by atoms with van der Waals surface area (Å²) < 4.78 is 5.03. The molecule has 2 aromatic rings. The van der Waals surface area contributed by atoms with Crippen molar-refractivity contribution in [2.45, 2.75) is 19.5 Å². The summed E-state index contributed by atoms with van der Waals surface area (Å²) in [6, 6.07) is 14.6. The minimum Gasteiger partial charge on any atom is -0.481 e. The molecular formula is C15H18N2O. The highest BCUT2D eigenvalue weighted by molar-refractivity contribution is 5.20. The zero-order valence-corrected chi connectivity index (χ0v) is 10.8. The van der Waals surface area contributed by atoms with Gasteiger partial charge in [-0.15, -0.1) is 0 Å². The Balaban J connectivity index is 1.91. The van der Waals surface area contributed by atoms with E-state index in [1.54, 1.807) is 7.11 Å². The first kappa shape index (κ1) is 12.6. The predicted molar refractivity (Wildman–Crippen MR) is 72.5 cm³/mol. The molecule has 1 heterocycles. The van der Waals surface area contributed by atoms with Crippen molar-refractivity contribution in [3.63, 3.8) is 0 Å². The van der Waals surface area contributed by atoms with Gasteiger partial charge < -0.3 is 10.1 Å². The second-order valence-corrected chi connectivity index (χ2v) is 4.22. The van der Waals surface area contributed by atoms with Crippen LogP contribution in [0.25, 0.3) is 0 Å². The number of benzene rings is 1. The van der Waals surface area contributed by atoms with E-state index in [1.165, 1.54) is 5.56 Å². The fourth-order valence-electron chi connectivity index (χ4n) is 1.77. The van der Waals surface area contributed by atoms with E-state index in [2.05, 4.69) is 41.5 Å². The third kappa shape index (κ3) is 3.31. The molecule has 18 heavy (non-hydrogen) atoms. The summed E-state index contributed by atoms with van der Waals surface area (Å²) in [5.74, 6) is 0.648. The number of hydrogen-bond acceptors (Lipinski definition) is 3. The van der Waals surface area contributed by atoms with Gasteiger partial charge in [-0.05, 0) is 18.1 Å². The van der Waals surface area contributed by atoms with Gasteiger partial charge in [0.25, 0.3) is 0 Å². The summed E-state index contributed by atoms with van der Waals surface area (Å²) in [7, 11) is 1.62. The molecule has 3 nitrogen and oxygen atoms in total. The number of ether oxygens (including phenoxy) is 1. The number of methoxy groups -OCH3 is 1. The van der Waals surface area contributed by atoms with E-state index in [1.807, 2.05) is 24.4 Å². The van der Waals surface area contributed by atoms with Crippen molar-refractivity contribution in [3.8, 4) is 5.88 Å². The summed E-state index contributed by atoms with van der Waals surface area (Å²) in [6.07, 6.45) is 1.84. The van der Waals surface area contributed by atoms with Crippen molar-refractivity contribution >= 4 is 0 Å². The van der Waals surface area contributed by atoms with E-state index in [-0.39, 0.29) is 0 Å². The Morgan fingerprint density at radius 1 is 1.17 bits per heavy atom. The van der Waals surface area contributed by atoms with E-state index in [0.29, 0.717) is 11.9 Å². The number of nitrogens with zero attached hydrogens (tertiary/aromatic N) is 1. The third-order valence-electron chi connectivity index (χ3n) is 2.92. The van der Waals surface area contributed by atoms with Crippen molar-refractivity contribution in [1.29, 1.82) is 0 Å². The summed E-state index contributed by atoms with van der Waals surface area (Å²) >= 11 is 0. The number of hydrogen-bond donors (Lipinski definition) is 1. The molecule has 2 rings (SSSR count). The van der Waals surface area contributed by atoms with Gasteiger partial charge >= 0.3 is 0 Å². The third-order valence-corrected chi connectivity index (χ3v) is 2.92. The van der Waals surface area contributed by atoms with E-state index >= 15 is 0 Å². The van der Waals surface area contributed by atoms with E-state index in [4.69, 9.17) is 4.74 Å². The second-order valence-electron chi connectivity index (χ2n) is 4.22. The summed E-state index contributed by atoms with van der Waals surface area (Å²) in [4.78, 5) is 4.19. The van der Waals surface area contributed by atoms with Crippen LogP contribution < -0.4 is 10.1 Å². The van der Waals surface area contributed by atoms with Gasteiger partial charge in [-0.25, -0.2) is 4.98 Å². The largest absolute Gasteiger partial charge is 0.481 e. The highest BCUT2D eigenvalue weighted by atomic mass is 16.5. The zero-order chi connectivity index (χ0) is 12.8. The van der Waals surface area contributed by atoms with Crippen LogP contribution in [0.1, 0.15) is 24.1 Å². The summed E-state index contributed by atoms with van der Waals surface area (Å²) in [6.45, 7) is 2.96. The molecule has 1 atom stereocenters. The molecule has 1 aromatic carbocycles. The second kappa shape index (κ2) is 6.17. The Kier molecular flexibility index (Phi) is 4.31. The van der Waals surface area contributed by atoms with Crippen LogP contribution in [0.15, 0.2) is 48.7 Å². The lowest BCUT2D eigenvalue weighted by Crippen LogP contribution is -2.18. The minimum atomic E-state index is 0.327. The first-order chi connectivity index (χ1) is 8.79. The van der Waals surface area contributed by atoms with Gasteiger partial charge in [0.1, 0.15) is 0 Å². The smallest absolute Gasteiger partial charge is 0.212 e. The Labute approximate surface area is 108 Å². The Morgan fingerprint density at radius 2 is 1.94 bits per heavy atom. The lowest BCUT2D eigenvalue weighted by molar-refractivity contribution is 0.397. The standard InChI is InChI=1S/C15H18N2O/c1-12(14-6-4-3-5-7-14)16-10-13-8-9-15(18-2)17-11-13/h3-9,11-12,16H,10H2,1-2H3. The van der Waals surface area contributed by atoms with E-state index < -0.39 is 0 Å². The van der Waals surface area contributed by atoms with Gasteiger partial charge in [0.15, 0.2) is 0 Å². The highest BCUT2D eigenvalue weighted by Crippen LogP contribution is 2.12. The average molecular weight is 242 g/mol. The van der Waals surface area contributed by atoms with Gasteiger partial charge in [-0.2, -0.15) is 0 Å². The molecule has 0 spiro atoms. The molecule has 0 radical (unpaired) electrons. The fraction of sp³-hybridized carbons (Fsp3) is 0.267. The van der Waals surface area contributed by atoms with Gasteiger partial charge in [0.2, 0.25) is 5.88 Å². The van der Waals surface area contributed by atoms with Crippen molar-refractivity contribution in [1.82, 2.24) is 10.3 Å². The molecule has 0 fully saturated rings. The Morgan fingerprint density at radius 3 is 2.56 bits per heavy atom. The van der Waals surface area contributed by atoms with Crippen LogP contribution in [-0.2, 0) is 6.54 Å². The highest BCUT2D eigenvalue weighted by Gasteiger charge is 2.04. The predicted octanol–water partition coefficient (Wildman–Crippen LogP) is 2.94. The first-order valence-electron chi connectivity index (χ1n) is 6.07. The van der Waals surface area contributed by atoms with Crippen LogP contribution in [0.4, 0.5) is 0 Å². The molecule has 1 N–H and O–H groups in total. The Bertz CT molecular complexity index is 468. The van der Waals surface area contributed by atoms with Crippen LogP contribution in [-0.4, -0.2) is 12.1 Å². The molecular weight excluding hydrogens is 224 g/mol. The van der Waals surface area contributed by atoms with Crippen LogP contribution in [0.5, 0.6) is 5.88 Å². The normalized spacial score (nSPS) is 12.1. The van der Waals surface area contributed by atoms with Gasteiger partial charge in [0, 0.05) is 24.8 Å². The maximum absolute atomic E-state index is 5.03. The van der Waals surface area contributed by atoms with Gasteiger partial charge in [0.05, 0.1) is 7.11 Å². The number of rotatable bonds is 5. The molecule has 0 aliphatic carbocycles. The van der Waals surface area contributed by atoms with Gasteiger partial charge in [-0.1, -0.05) is 36.4 Å². The first-order valence-corrected chi connectivity index (χ1v) is 6.07. The minimum absolute atomic E-state index is 0.327. The van der Waals surface area contributed by atoms with E-state index in [0.717, 1.165) is 12.1 Å². The quantitative estimate of drug-likeness (QED) is 0.875. The number of nitrogens with one attached hydrogen (secondary N) is 1.